The highest BCUT2D eigenvalue weighted by atomic mass is 16.5. The van der Waals surface area contributed by atoms with Crippen molar-refractivity contribution in [1.29, 1.82) is 0 Å². The normalized spacial score (nSPS) is 21.6. The number of hydrogen-bond donors (Lipinski definition) is 2. The Morgan fingerprint density at radius 2 is 1.62 bits per heavy atom. The Labute approximate surface area is 229 Å². The smallest absolute Gasteiger partial charge is 0.326 e. The summed E-state index contributed by atoms with van der Waals surface area (Å²) in [7, 11) is 0. The van der Waals surface area contributed by atoms with Gasteiger partial charge >= 0.3 is 5.97 Å². The molecule has 1 fully saturated rings. The average Bonchev–Trinajstić information content (AvgIpc) is 2.96. The summed E-state index contributed by atoms with van der Waals surface area (Å²) in [5.74, 6) is -0.735. The van der Waals surface area contributed by atoms with E-state index in [0.717, 1.165) is 22.3 Å². The van der Waals surface area contributed by atoms with Gasteiger partial charge in [-0.05, 0) is 54.9 Å². The highest BCUT2D eigenvalue weighted by molar-refractivity contribution is 5.88. The third kappa shape index (κ3) is 6.15. The summed E-state index contributed by atoms with van der Waals surface area (Å²) in [5.41, 5.74) is 4.36. The molecule has 2 atom stereocenters. The SMILES string of the molecule is Cc1ccc2c(c1OCc1ccccc1)C[C@@H](C(=O)O)N(C(=O)C(OC1CCC(O)CC1)c1ccccc1)C2. The minimum Gasteiger partial charge on any atom is -0.488 e. The standard InChI is InChI=1S/C32H35NO6/c1-21-12-13-24-19-33(28(32(36)37)18-27(24)29(21)38-20-22-8-4-2-5-9-22)31(35)30(23-10-6-3-7-11-23)39-26-16-14-25(34)15-17-26/h2-13,25-26,28,30,34H,14-20H2,1H3,(H,36,37)/t25?,26?,28-,30?/m0/s1. The van der Waals surface area contributed by atoms with E-state index in [1.807, 2.05) is 79.7 Å². The lowest BCUT2D eigenvalue weighted by Crippen LogP contribution is -2.51. The number of nitrogens with zero attached hydrogens (tertiary/aromatic N) is 1. The van der Waals surface area contributed by atoms with Crippen molar-refractivity contribution in [3.05, 3.63) is 101 Å². The highest BCUT2D eigenvalue weighted by Gasteiger charge is 2.40. The summed E-state index contributed by atoms with van der Waals surface area (Å²) in [6.07, 6.45) is 1.28. The van der Waals surface area contributed by atoms with Gasteiger partial charge in [-0.25, -0.2) is 4.79 Å². The molecule has 1 heterocycles. The molecule has 39 heavy (non-hydrogen) atoms. The van der Waals surface area contributed by atoms with E-state index in [-0.39, 0.29) is 31.1 Å². The zero-order valence-electron chi connectivity index (χ0n) is 22.2. The maximum Gasteiger partial charge on any atom is 0.326 e. The lowest BCUT2D eigenvalue weighted by atomic mass is 9.90. The van der Waals surface area contributed by atoms with Crippen molar-refractivity contribution in [2.75, 3.05) is 0 Å². The van der Waals surface area contributed by atoms with Gasteiger partial charge in [0.1, 0.15) is 18.4 Å². The average molecular weight is 530 g/mol. The van der Waals surface area contributed by atoms with E-state index in [0.29, 0.717) is 43.6 Å². The first-order valence-corrected chi connectivity index (χ1v) is 13.6. The molecule has 5 rings (SSSR count). The van der Waals surface area contributed by atoms with Gasteiger partial charge in [-0.2, -0.15) is 0 Å². The van der Waals surface area contributed by atoms with Crippen molar-refractivity contribution in [3.8, 4) is 5.75 Å². The summed E-state index contributed by atoms with van der Waals surface area (Å²) in [6.45, 7) is 2.48. The van der Waals surface area contributed by atoms with Crippen LogP contribution in [0.4, 0.5) is 0 Å². The number of rotatable bonds is 8. The Hall–Kier alpha value is -3.68. The Balaban J connectivity index is 1.43. The summed E-state index contributed by atoms with van der Waals surface area (Å²) >= 11 is 0. The molecular weight excluding hydrogens is 494 g/mol. The molecule has 2 aliphatic rings. The highest BCUT2D eigenvalue weighted by Crippen LogP contribution is 2.37. The van der Waals surface area contributed by atoms with Gasteiger partial charge in [0.05, 0.1) is 12.2 Å². The molecule has 0 radical (unpaired) electrons. The van der Waals surface area contributed by atoms with Crippen LogP contribution in [-0.4, -0.2) is 45.2 Å². The fourth-order valence-corrected chi connectivity index (χ4v) is 5.57. The largest absolute Gasteiger partial charge is 0.488 e. The van der Waals surface area contributed by atoms with Crippen LogP contribution in [0.15, 0.2) is 72.8 Å². The predicted molar refractivity (Wildman–Crippen MR) is 146 cm³/mol. The van der Waals surface area contributed by atoms with Crippen LogP contribution >= 0.6 is 0 Å². The lowest BCUT2D eigenvalue weighted by molar-refractivity contribution is -0.161. The number of carboxylic acid groups (broad SMARTS) is 1. The molecule has 1 aliphatic heterocycles. The van der Waals surface area contributed by atoms with Crippen molar-refractivity contribution in [3.63, 3.8) is 0 Å². The molecule has 0 spiro atoms. The maximum atomic E-state index is 14.1. The van der Waals surface area contributed by atoms with E-state index in [4.69, 9.17) is 9.47 Å². The van der Waals surface area contributed by atoms with Crippen LogP contribution in [0.1, 0.15) is 59.6 Å². The molecule has 1 saturated carbocycles. The van der Waals surface area contributed by atoms with Gasteiger partial charge in [0.2, 0.25) is 0 Å². The third-order valence-electron chi connectivity index (χ3n) is 7.76. The number of amides is 1. The summed E-state index contributed by atoms with van der Waals surface area (Å²) < 4.78 is 12.6. The molecule has 7 heteroatoms. The Bertz CT molecular complexity index is 1290. The second kappa shape index (κ2) is 12.0. The van der Waals surface area contributed by atoms with Crippen LogP contribution in [0.25, 0.3) is 0 Å². The number of benzene rings is 3. The van der Waals surface area contributed by atoms with Crippen molar-refractivity contribution in [2.24, 2.45) is 0 Å². The van der Waals surface area contributed by atoms with E-state index >= 15 is 0 Å². The van der Waals surface area contributed by atoms with E-state index in [1.165, 1.54) is 4.90 Å². The maximum absolute atomic E-state index is 14.1. The van der Waals surface area contributed by atoms with Gasteiger partial charge in [0.25, 0.3) is 5.91 Å². The fraction of sp³-hybridized carbons (Fsp3) is 0.375. The van der Waals surface area contributed by atoms with Crippen LogP contribution in [0.2, 0.25) is 0 Å². The van der Waals surface area contributed by atoms with Gasteiger partial charge in [-0.3, -0.25) is 4.79 Å². The zero-order chi connectivity index (χ0) is 27.4. The second-order valence-corrected chi connectivity index (χ2v) is 10.5. The Kier molecular flexibility index (Phi) is 8.29. The van der Waals surface area contributed by atoms with E-state index in [1.54, 1.807) is 0 Å². The summed E-state index contributed by atoms with van der Waals surface area (Å²) in [4.78, 5) is 28.1. The molecule has 1 aliphatic carbocycles. The lowest BCUT2D eigenvalue weighted by Gasteiger charge is -2.38. The summed E-state index contributed by atoms with van der Waals surface area (Å²) in [5, 5.41) is 20.2. The molecule has 0 saturated heterocycles. The fourth-order valence-electron chi connectivity index (χ4n) is 5.57. The minimum absolute atomic E-state index is 0.152. The van der Waals surface area contributed by atoms with Crippen molar-refractivity contribution >= 4 is 11.9 Å². The molecule has 0 bridgehead atoms. The first-order valence-electron chi connectivity index (χ1n) is 13.6. The number of fused-ring (bicyclic) bond motifs is 1. The number of carbonyl (C=O) groups is 2. The predicted octanol–water partition coefficient (Wildman–Crippen LogP) is 4.97. The number of aryl methyl sites for hydroxylation is 1. The summed E-state index contributed by atoms with van der Waals surface area (Å²) in [6, 6.07) is 22.0. The first kappa shape index (κ1) is 26.9. The Morgan fingerprint density at radius 1 is 0.949 bits per heavy atom. The number of ether oxygens (including phenoxy) is 2. The molecular formula is C32H35NO6. The number of carbonyl (C=O) groups excluding carboxylic acids is 1. The van der Waals surface area contributed by atoms with Gasteiger partial charge < -0.3 is 24.6 Å². The van der Waals surface area contributed by atoms with Crippen LogP contribution in [0.3, 0.4) is 0 Å². The number of aliphatic hydroxyl groups is 1. The van der Waals surface area contributed by atoms with Gasteiger partial charge in [0.15, 0.2) is 6.10 Å². The van der Waals surface area contributed by atoms with Crippen LogP contribution in [-0.2, 0) is 33.9 Å². The van der Waals surface area contributed by atoms with Gasteiger partial charge in [-0.1, -0.05) is 72.8 Å². The molecule has 1 amide bonds. The van der Waals surface area contributed by atoms with E-state index in [9.17, 15) is 19.8 Å². The molecule has 3 aromatic rings. The van der Waals surface area contributed by atoms with Crippen LogP contribution < -0.4 is 4.74 Å². The first-order chi connectivity index (χ1) is 18.9. The number of aliphatic carboxylic acids is 1. The Morgan fingerprint density at radius 3 is 2.28 bits per heavy atom. The molecule has 0 aromatic heterocycles. The van der Waals surface area contributed by atoms with E-state index < -0.39 is 18.1 Å². The minimum atomic E-state index is -1.06. The van der Waals surface area contributed by atoms with E-state index in [2.05, 4.69) is 0 Å². The number of carboxylic acids is 1. The quantitative estimate of drug-likeness (QED) is 0.428. The van der Waals surface area contributed by atoms with Crippen LogP contribution in [0.5, 0.6) is 5.75 Å². The van der Waals surface area contributed by atoms with Gasteiger partial charge in [0, 0.05) is 18.5 Å². The van der Waals surface area contributed by atoms with Crippen molar-refractivity contribution < 1.29 is 29.3 Å². The molecule has 3 aromatic carbocycles. The molecule has 204 valence electrons. The number of aliphatic hydroxyl groups excluding tert-OH is 1. The monoisotopic (exact) mass is 529 g/mol. The molecule has 2 N–H and O–H groups in total. The number of hydrogen-bond acceptors (Lipinski definition) is 5. The topological polar surface area (TPSA) is 96.3 Å². The molecule has 1 unspecified atom stereocenters. The van der Waals surface area contributed by atoms with Crippen LogP contribution in [0, 0.1) is 6.92 Å². The molecule has 7 nitrogen and oxygen atoms in total. The van der Waals surface area contributed by atoms with Gasteiger partial charge in [-0.15, -0.1) is 0 Å². The third-order valence-corrected chi connectivity index (χ3v) is 7.76. The second-order valence-electron chi connectivity index (χ2n) is 10.5. The van der Waals surface area contributed by atoms with Crippen molar-refractivity contribution in [1.82, 2.24) is 4.90 Å². The zero-order valence-corrected chi connectivity index (χ0v) is 22.2. The van der Waals surface area contributed by atoms with Crippen molar-refractivity contribution in [2.45, 2.75) is 76.5 Å².